The van der Waals surface area contributed by atoms with Gasteiger partial charge in [-0.15, -0.1) is 0 Å². The highest BCUT2D eigenvalue weighted by atomic mass is 16.5. The molecule has 0 radical (unpaired) electrons. The van der Waals surface area contributed by atoms with Gasteiger partial charge in [-0.3, -0.25) is 0 Å². The lowest BCUT2D eigenvalue weighted by Gasteiger charge is -2.12. The van der Waals surface area contributed by atoms with Crippen LogP contribution in [0.25, 0.3) is 0 Å². The second kappa shape index (κ2) is 5.03. The number of rotatable bonds is 3. The van der Waals surface area contributed by atoms with Crippen LogP contribution in [0.5, 0.6) is 11.5 Å². The molecule has 0 spiro atoms. The summed E-state index contributed by atoms with van der Waals surface area (Å²) in [7, 11) is 0. The average molecular weight is 251 g/mol. The van der Waals surface area contributed by atoms with Crippen LogP contribution >= 0.6 is 0 Å². The van der Waals surface area contributed by atoms with Crippen LogP contribution in [0, 0.1) is 11.3 Å². The number of fused-ring (bicyclic) bond motifs is 1. The summed E-state index contributed by atoms with van der Waals surface area (Å²) in [5, 5.41) is 9.01. The lowest BCUT2D eigenvalue weighted by molar-refractivity contribution is 0.248. The quantitative estimate of drug-likeness (QED) is 0.841. The van der Waals surface area contributed by atoms with Gasteiger partial charge in [0.05, 0.1) is 24.7 Å². The third kappa shape index (κ3) is 2.25. The third-order valence-electron chi connectivity index (χ3n) is 3.25. The van der Waals surface area contributed by atoms with E-state index in [4.69, 9.17) is 14.7 Å². The van der Waals surface area contributed by atoms with Gasteiger partial charge in [0.2, 0.25) is 0 Å². The van der Waals surface area contributed by atoms with Gasteiger partial charge in [-0.1, -0.05) is 30.3 Å². The maximum atomic E-state index is 9.01. The summed E-state index contributed by atoms with van der Waals surface area (Å²) < 4.78 is 11.4. The summed E-state index contributed by atoms with van der Waals surface area (Å²) in [5.74, 6) is 1.79. The predicted molar refractivity (Wildman–Crippen MR) is 71.3 cm³/mol. The van der Waals surface area contributed by atoms with E-state index in [2.05, 4.69) is 12.1 Å². The maximum absolute atomic E-state index is 9.01. The van der Waals surface area contributed by atoms with Gasteiger partial charge in [-0.05, 0) is 18.2 Å². The van der Waals surface area contributed by atoms with Gasteiger partial charge in [0, 0.05) is 5.56 Å². The van der Waals surface area contributed by atoms with Crippen molar-refractivity contribution in [3.63, 3.8) is 0 Å². The molecule has 0 aliphatic carbocycles. The molecule has 19 heavy (non-hydrogen) atoms. The molecule has 94 valence electrons. The van der Waals surface area contributed by atoms with Crippen molar-refractivity contribution < 1.29 is 9.47 Å². The minimum absolute atomic E-state index is 0.225. The van der Waals surface area contributed by atoms with Gasteiger partial charge in [0.1, 0.15) is 17.6 Å². The zero-order valence-electron chi connectivity index (χ0n) is 10.4. The lowest BCUT2D eigenvalue weighted by atomic mass is 10.0. The van der Waals surface area contributed by atoms with Crippen LogP contribution in [0.3, 0.4) is 0 Å². The highest BCUT2D eigenvalue weighted by molar-refractivity contribution is 5.43. The van der Waals surface area contributed by atoms with E-state index in [1.165, 1.54) is 5.56 Å². The Morgan fingerprint density at radius 2 is 1.95 bits per heavy atom. The van der Waals surface area contributed by atoms with Gasteiger partial charge >= 0.3 is 0 Å². The Hall–Kier alpha value is -2.47. The maximum Gasteiger partial charge on any atom is 0.137 e. The Bertz CT molecular complexity index is 631. The van der Waals surface area contributed by atoms with Gasteiger partial charge in [-0.25, -0.2) is 0 Å². The minimum atomic E-state index is 0.225. The first-order chi connectivity index (χ1) is 9.38. The van der Waals surface area contributed by atoms with E-state index < -0.39 is 0 Å². The number of para-hydroxylation sites is 2. The second-order valence-electron chi connectivity index (χ2n) is 4.46. The Labute approximate surface area is 112 Å². The lowest BCUT2D eigenvalue weighted by Crippen LogP contribution is -2.12. The second-order valence-corrected chi connectivity index (χ2v) is 4.46. The van der Waals surface area contributed by atoms with Crippen LogP contribution in [0.4, 0.5) is 0 Å². The molecule has 3 rings (SSSR count). The van der Waals surface area contributed by atoms with Crippen LogP contribution in [0.15, 0.2) is 48.5 Å². The highest BCUT2D eigenvalue weighted by Crippen LogP contribution is 2.33. The van der Waals surface area contributed by atoms with E-state index in [9.17, 15) is 0 Å². The van der Waals surface area contributed by atoms with Gasteiger partial charge in [-0.2, -0.15) is 5.26 Å². The zero-order valence-corrected chi connectivity index (χ0v) is 10.4. The van der Waals surface area contributed by atoms with Crippen molar-refractivity contribution in [2.24, 2.45) is 0 Å². The van der Waals surface area contributed by atoms with Crippen molar-refractivity contribution in [2.45, 2.75) is 5.92 Å². The molecular formula is C16H13NO2. The molecule has 1 aliphatic heterocycles. The predicted octanol–water partition coefficient (Wildman–Crippen LogP) is 3.11. The Balaban J connectivity index is 1.73. The number of benzene rings is 2. The molecule has 0 saturated heterocycles. The number of nitrogens with zero attached hydrogens (tertiary/aromatic N) is 1. The summed E-state index contributed by atoms with van der Waals surface area (Å²) >= 11 is 0. The van der Waals surface area contributed by atoms with Crippen molar-refractivity contribution in [3.05, 3.63) is 59.7 Å². The summed E-state index contributed by atoms with van der Waals surface area (Å²) in [5.41, 5.74) is 1.74. The standard InChI is InChI=1S/C16H13NO2/c17-9-12-5-1-3-7-15(12)18-10-13-11-19-16-8-4-2-6-14(13)16/h1-8,13H,10-11H2. The fourth-order valence-corrected chi connectivity index (χ4v) is 2.24. The molecule has 2 aromatic rings. The molecule has 3 heteroatoms. The van der Waals surface area contributed by atoms with Gasteiger partial charge < -0.3 is 9.47 Å². The highest BCUT2D eigenvalue weighted by Gasteiger charge is 2.24. The zero-order chi connectivity index (χ0) is 13.1. The molecule has 0 saturated carbocycles. The third-order valence-corrected chi connectivity index (χ3v) is 3.25. The normalized spacial score (nSPS) is 16.3. The van der Waals surface area contributed by atoms with Crippen LogP contribution in [0.2, 0.25) is 0 Å². The first-order valence-electron chi connectivity index (χ1n) is 6.22. The van der Waals surface area contributed by atoms with Crippen molar-refractivity contribution in [3.8, 4) is 17.6 Å². The molecular weight excluding hydrogens is 238 g/mol. The van der Waals surface area contributed by atoms with Gasteiger partial charge in [0.25, 0.3) is 0 Å². The van der Waals surface area contributed by atoms with Crippen LogP contribution < -0.4 is 9.47 Å². The first-order valence-corrected chi connectivity index (χ1v) is 6.22. The molecule has 0 aromatic heterocycles. The Morgan fingerprint density at radius 1 is 1.16 bits per heavy atom. The fourth-order valence-electron chi connectivity index (χ4n) is 2.24. The topological polar surface area (TPSA) is 42.2 Å². The average Bonchev–Trinajstić information content (AvgIpc) is 2.89. The van der Waals surface area contributed by atoms with E-state index in [1.807, 2.05) is 36.4 Å². The molecule has 0 bridgehead atoms. The van der Waals surface area contributed by atoms with Crippen LogP contribution in [-0.2, 0) is 0 Å². The summed E-state index contributed by atoms with van der Waals surface area (Å²) in [4.78, 5) is 0. The van der Waals surface area contributed by atoms with Crippen molar-refractivity contribution >= 4 is 0 Å². The van der Waals surface area contributed by atoms with E-state index in [0.717, 1.165) is 5.75 Å². The summed E-state index contributed by atoms with van der Waals surface area (Å²) in [6.07, 6.45) is 0. The van der Waals surface area contributed by atoms with Crippen molar-refractivity contribution in [1.82, 2.24) is 0 Å². The number of nitriles is 1. The number of hydrogen-bond donors (Lipinski definition) is 0. The van der Waals surface area contributed by atoms with E-state index in [1.54, 1.807) is 6.07 Å². The molecule has 0 N–H and O–H groups in total. The minimum Gasteiger partial charge on any atom is -0.493 e. The summed E-state index contributed by atoms with van der Waals surface area (Å²) in [6.45, 7) is 1.16. The van der Waals surface area contributed by atoms with Crippen molar-refractivity contribution in [2.75, 3.05) is 13.2 Å². The first kappa shape index (κ1) is 11.6. The molecule has 3 nitrogen and oxygen atoms in total. The molecule has 1 heterocycles. The molecule has 1 unspecified atom stereocenters. The van der Waals surface area contributed by atoms with Gasteiger partial charge in [0.15, 0.2) is 0 Å². The van der Waals surface area contributed by atoms with Crippen LogP contribution in [-0.4, -0.2) is 13.2 Å². The molecule has 0 amide bonds. The summed E-state index contributed by atoms with van der Waals surface area (Å²) in [6, 6.07) is 17.4. The largest absolute Gasteiger partial charge is 0.493 e. The Morgan fingerprint density at radius 3 is 2.84 bits per heavy atom. The Kier molecular flexibility index (Phi) is 3.07. The smallest absolute Gasteiger partial charge is 0.137 e. The number of ether oxygens (including phenoxy) is 2. The molecule has 0 fully saturated rings. The fraction of sp³-hybridized carbons (Fsp3) is 0.188. The monoisotopic (exact) mass is 251 g/mol. The SMILES string of the molecule is N#Cc1ccccc1OCC1COc2ccccc21. The molecule has 1 aliphatic rings. The molecule has 1 atom stereocenters. The van der Waals surface area contributed by atoms with Crippen molar-refractivity contribution in [1.29, 1.82) is 5.26 Å². The van der Waals surface area contributed by atoms with E-state index >= 15 is 0 Å². The van der Waals surface area contributed by atoms with E-state index in [-0.39, 0.29) is 5.92 Å². The van der Waals surface area contributed by atoms with Crippen LogP contribution in [0.1, 0.15) is 17.0 Å². The number of hydrogen-bond acceptors (Lipinski definition) is 3. The molecule has 2 aromatic carbocycles. The van der Waals surface area contributed by atoms with E-state index in [0.29, 0.717) is 24.5 Å².